The Kier molecular flexibility index (Phi) is 2.32. The van der Waals surface area contributed by atoms with Gasteiger partial charge in [-0.2, -0.15) is 0 Å². The molecular weight excluding hydrogens is 208 g/mol. The van der Waals surface area contributed by atoms with E-state index in [1.807, 2.05) is 6.92 Å². The normalized spacial score (nSPS) is 54.0. The molecule has 0 saturated heterocycles. The van der Waals surface area contributed by atoms with Crippen LogP contribution in [0.4, 0.5) is 0 Å². The van der Waals surface area contributed by atoms with Crippen molar-refractivity contribution < 1.29 is 5.11 Å². The third kappa shape index (κ3) is 1.47. The minimum Gasteiger partial charge on any atom is -0.393 e. The van der Waals surface area contributed by atoms with E-state index in [0.29, 0.717) is 16.7 Å². The fourth-order valence-electron chi connectivity index (χ4n) is 4.98. The molecule has 0 aliphatic heterocycles. The average molecular weight is 236 g/mol. The molecule has 1 N–H and O–H groups in total. The summed E-state index contributed by atoms with van der Waals surface area (Å²) in [5, 5.41) is 9.73. The Hall–Kier alpha value is -0.0400. The molecule has 0 amide bonds. The molecule has 7 unspecified atom stereocenters. The molecule has 0 aromatic carbocycles. The number of aliphatic hydroxyl groups excluding tert-OH is 1. The molecule has 0 aromatic rings. The highest BCUT2D eigenvalue weighted by molar-refractivity contribution is 5.18. The van der Waals surface area contributed by atoms with Crippen LogP contribution in [0.1, 0.15) is 53.9 Å². The molecule has 98 valence electrons. The number of aliphatic hydroxyl groups is 1. The fraction of sp³-hybridized carbons (Fsp3) is 1.00. The van der Waals surface area contributed by atoms with Crippen LogP contribution in [0.3, 0.4) is 0 Å². The Labute approximate surface area is 106 Å². The van der Waals surface area contributed by atoms with Gasteiger partial charge in [-0.15, -0.1) is 0 Å². The smallest absolute Gasteiger partial charge is 0.0540 e. The van der Waals surface area contributed by atoms with Crippen LogP contribution in [0.5, 0.6) is 0 Å². The van der Waals surface area contributed by atoms with E-state index in [9.17, 15) is 5.11 Å². The van der Waals surface area contributed by atoms with Crippen molar-refractivity contribution in [2.45, 2.75) is 60.0 Å². The lowest BCUT2D eigenvalue weighted by molar-refractivity contribution is 0.0947. The molecule has 7 atom stereocenters. The number of hydrogen-bond donors (Lipinski definition) is 1. The van der Waals surface area contributed by atoms with Crippen LogP contribution in [-0.4, -0.2) is 11.2 Å². The van der Waals surface area contributed by atoms with Crippen LogP contribution in [0.2, 0.25) is 0 Å². The van der Waals surface area contributed by atoms with Crippen molar-refractivity contribution in [1.29, 1.82) is 0 Å². The molecule has 0 bridgehead atoms. The van der Waals surface area contributed by atoms with Crippen molar-refractivity contribution in [2.75, 3.05) is 0 Å². The second kappa shape index (κ2) is 3.29. The largest absolute Gasteiger partial charge is 0.393 e. The lowest BCUT2D eigenvalue weighted by atomic mass is 9.69. The van der Waals surface area contributed by atoms with Crippen LogP contribution in [0.15, 0.2) is 0 Å². The standard InChI is InChI=1S/C16H28O/c1-9(10(2)17)12-7-13(12)14-6-11-8-16(11,5)15(14,3)4/h9-14,17H,6-8H2,1-5H3. The van der Waals surface area contributed by atoms with E-state index in [-0.39, 0.29) is 6.10 Å². The zero-order valence-electron chi connectivity index (χ0n) is 12.0. The lowest BCUT2D eigenvalue weighted by Gasteiger charge is -2.36. The van der Waals surface area contributed by atoms with E-state index in [0.717, 1.165) is 23.7 Å². The number of rotatable bonds is 3. The summed E-state index contributed by atoms with van der Waals surface area (Å²) in [5.74, 6) is 4.17. The van der Waals surface area contributed by atoms with Gasteiger partial charge in [-0.1, -0.05) is 27.7 Å². The third-order valence-electron chi connectivity index (χ3n) is 7.19. The number of fused-ring (bicyclic) bond motifs is 1. The summed E-state index contributed by atoms with van der Waals surface area (Å²) in [6.45, 7) is 11.7. The van der Waals surface area contributed by atoms with Gasteiger partial charge in [0.05, 0.1) is 6.10 Å². The minimum absolute atomic E-state index is 0.125. The SMILES string of the molecule is CC(O)C(C)C1CC1C1CC2CC2(C)C1(C)C. The van der Waals surface area contributed by atoms with Gasteiger partial charge in [0.1, 0.15) is 0 Å². The van der Waals surface area contributed by atoms with Gasteiger partial charge in [0.15, 0.2) is 0 Å². The maximum absolute atomic E-state index is 9.73. The minimum atomic E-state index is -0.125. The Bertz CT molecular complexity index is 332. The van der Waals surface area contributed by atoms with E-state index in [1.54, 1.807) is 0 Å². The first-order valence-electron chi connectivity index (χ1n) is 7.47. The second-order valence-electron chi connectivity index (χ2n) is 8.05. The molecule has 3 aliphatic rings. The topological polar surface area (TPSA) is 20.2 Å². The quantitative estimate of drug-likeness (QED) is 0.792. The summed E-state index contributed by atoms with van der Waals surface area (Å²) in [7, 11) is 0. The van der Waals surface area contributed by atoms with Crippen LogP contribution >= 0.6 is 0 Å². The maximum atomic E-state index is 9.73. The Morgan fingerprint density at radius 2 is 1.76 bits per heavy atom. The van der Waals surface area contributed by atoms with E-state index in [2.05, 4.69) is 27.7 Å². The summed E-state index contributed by atoms with van der Waals surface area (Å²) in [6.07, 6.45) is 4.19. The zero-order valence-corrected chi connectivity index (χ0v) is 12.0. The molecule has 0 heterocycles. The van der Waals surface area contributed by atoms with Gasteiger partial charge in [-0.25, -0.2) is 0 Å². The highest BCUT2D eigenvalue weighted by Gasteiger charge is 2.70. The molecule has 0 aromatic heterocycles. The molecule has 17 heavy (non-hydrogen) atoms. The molecule has 1 heteroatoms. The lowest BCUT2D eigenvalue weighted by Crippen LogP contribution is -2.30. The molecule has 3 saturated carbocycles. The first kappa shape index (κ1) is 12.0. The van der Waals surface area contributed by atoms with E-state index in [4.69, 9.17) is 0 Å². The van der Waals surface area contributed by atoms with Gasteiger partial charge in [0, 0.05) is 0 Å². The molecule has 0 spiro atoms. The average Bonchev–Trinajstić information content (AvgIpc) is 3.08. The highest BCUT2D eigenvalue weighted by atomic mass is 16.3. The second-order valence-corrected chi connectivity index (χ2v) is 8.05. The van der Waals surface area contributed by atoms with Crippen molar-refractivity contribution in [3.8, 4) is 0 Å². The van der Waals surface area contributed by atoms with Crippen LogP contribution < -0.4 is 0 Å². The fourth-order valence-corrected chi connectivity index (χ4v) is 4.98. The molecule has 3 fully saturated rings. The van der Waals surface area contributed by atoms with E-state index < -0.39 is 0 Å². The summed E-state index contributed by atoms with van der Waals surface area (Å²) >= 11 is 0. The van der Waals surface area contributed by atoms with Gasteiger partial charge in [0.25, 0.3) is 0 Å². The van der Waals surface area contributed by atoms with Gasteiger partial charge in [0.2, 0.25) is 0 Å². The van der Waals surface area contributed by atoms with Crippen LogP contribution in [-0.2, 0) is 0 Å². The van der Waals surface area contributed by atoms with Gasteiger partial charge in [-0.05, 0) is 66.6 Å². The van der Waals surface area contributed by atoms with E-state index >= 15 is 0 Å². The van der Waals surface area contributed by atoms with Crippen molar-refractivity contribution >= 4 is 0 Å². The summed E-state index contributed by atoms with van der Waals surface area (Å²) in [5.41, 5.74) is 1.19. The Morgan fingerprint density at radius 3 is 2.24 bits per heavy atom. The monoisotopic (exact) mass is 236 g/mol. The van der Waals surface area contributed by atoms with Crippen LogP contribution in [0, 0.1) is 40.4 Å². The molecule has 3 aliphatic carbocycles. The number of hydrogen-bond acceptors (Lipinski definition) is 1. The summed E-state index contributed by atoms with van der Waals surface area (Å²) < 4.78 is 0. The molecule has 0 radical (unpaired) electrons. The van der Waals surface area contributed by atoms with Gasteiger partial charge in [-0.3, -0.25) is 0 Å². The molecule has 1 nitrogen and oxygen atoms in total. The van der Waals surface area contributed by atoms with Crippen LogP contribution in [0.25, 0.3) is 0 Å². The Morgan fingerprint density at radius 1 is 1.12 bits per heavy atom. The van der Waals surface area contributed by atoms with E-state index in [1.165, 1.54) is 19.3 Å². The van der Waals surface area contributed by atoms with Gasteiger partial charge >= 0.3 is 0 Å². The molecule has 3 rings (SSSR count). The highest BCUT2D eigenvalue weighted by Crippen LogP contribution is 2.77. The predicted octanol–water partition coefficient (Wildman–Crippen LogP) is 3.71. The predicted molar refractivity (Wildman–Crippen MR) is 70.5 cm³/mol. The summed E-state index contributed by atoms with van der Waals surface area (Å²) in [6, 6.07) is 0. The summed E-state index contributed by atoms with van der Waals surface area (Å²) in [4.78, 5) is 0. The van der Waals surface area contributed by atoms with Crippen molar-refractivity contribution in [3.63, 3.8) is 0 Å². The van der Waals surface area contributed by atoms with Crippen molar-refractivity contribution in [1.82, 2.24) is 0 Å². The first-order valence-corrected chi connectivity index (χ1v) is 7.47. The maximum Gasteiger partial charge on any atom is 0.0540 e. The van der Waals surface area contributed by atoms with Crippen molar-refractivity contribution in [3.05, 3.63) is 0 Å². The third-order valence-corrected chi connectivity index (χ3v) is 7.19. The Balaban J connectivity index is 1.69. The van der Waals surface area contributed by atoms with Crippen molar-refractivity contribution in [2.24, 2.45) is 40.4 Å². The first-order chi connectivity index (χ1) is 7.79. The zero-order chi connectivity index (χ0) is 12.6. The van der Waals surface area contributed by atoms with Gasteiger partial charge < -0.3 is 5.11 Å². The molecular formula is C16H28O.